The zero-order chi connectivity index (χ0) is 20.5. The third kappa shape index (κ3) is 6.12. The van der Waals surface area contributed by atoms with Crippen molar-refractivity contribution in [2.24, 2.45) is 0 Å². The minimum atomic E-state index is -0.562. The van der Waals surface area contributed by atoms with Gasteiger partial charge in [0.15, 0.2) is 6.61 Å². The molecule has 2 amide bonds. The van der Waals surface area contributed by atoms with E-state index in [1.807, 2.05) is 54.6 Å². The Morgan fingerprint density at radius 3 is 2.21 bits per heavy atom. The number of hydrogen-bond donors (Lipinski definition) is 1. The van der Waals surface area contributed by atoms with E-state index in [9.17, 15) is 9.59 Å². The van der Waals surface area contributed by atoms with Crippen LogP contribution >= 0.6 is 0 Å². The average Bonchev–Trinajstić information content (AvgIpc) is 2.72. The summed E-state index contributed by atoms with van der Waals surface area (Å²) < 4.78 is 5.68. The molecular weight excluding hydrogens is 352 g/mol. The highest BCUT2D eigenvalue weighted by Gasteiger charge is 2.25. The van der Waals surface area contributed by atoms with Crippen molar-refractivity contribution in [3.63, 3.8) is 0 Å². The first-order valence-electron chi connectivity index (χ1n) is 9.70. The molecule has 0 aliphatic rings. The van der Waals surface area contributed by atoms with Crippen LogP contribution in [0.4, 0.5) is 0 Å². The molecule has 150 valence electrons. The molecule has 0 aliphatic carbocycles. The Morgan fingerprint density at radius 2 is 1.64 bits per heavy atom. The lowest BCUT2D eigenvalue weighted by molar-refractivity contribution is -0.141. The molecular formula is C23H30N2O3. The van der Waals surface area contributed by atoms with Crippen LogP contribution in [0.15, 0.2) is 54.6 Å². The zero-order valence-corrected chi connectivity index (χ0v) is 17.1. The maximum atomic E-state index is 12.8. The number of nitrogens with one attached hydrogen (secondary N) is 1. The smallest absolute Gasteiger partial charge is 0.261 e. The first-order chi connectivity index (χ1) is 13.4. The molecule has 2 aromatic rings. The molecule has 0 aliphatic heterocycles. The van der Waals surface area contributed by atoms with Crippen LogP contribution in [0.2, 0.25) is 0 Å². The van der Waals surface area contributed by atoms with Crippen LogP contribution in [-0.2, 0) is 16.0 Å². The number of hydrogen-bond acceptors (Lipinski definition) is 3. The summed E-state index contributed by atoms with van der Waals surface area (Å²) in [7, 11) is 1.57. The van der Waals surface area contributed by atoms with Crippen molar-refractivity contribution in [1.82, 2.24) is 10.2 Å². The van der Waals surface area contributed by atoms with E-state index in [1.54, 1.807) is 18.9 Å². The van der Waals surface area contributed by atoms with Crippen LogP contribution in [0.1, 0.15) is 37.8 Å². The number of likely N-dealkylation sites (N-methyl/N-ethyl adjacent to an activating group) is 1. The van der Waals surface area contributed by atoms with Gasteiger partial charge in [-0.05, 0) is 42.5 Å². The highest BCUT2D eigenvalue weighted by molar-refractivity contribution is 5.87. The number of amides is 2. The molecule has 1 N–H and O–H groups in total. The first-order valence-corrected chi connectivity index (χ1v) is 9.70. The monoisotopic (exact) mass is 382 g/mol. The first kappa shape index (κ1) is 21.5. The van der Waals surface area contributed by atoms with E-state index < -0.39 is 6.04 Å². The predicted octanol–water partition coefficient (Wildman–Crippen LogP) is 3.39. The lowest BCUT2D eigenvalue weighted by atomic mass is 10.0. The van der Waals surface area contributed by atoms with Crippen LogP contribution in [-0.4, -0.2) is 43.0 Å². The molecule has 1 atom stereocenters. The molecule has 2 aromatic carbocycles. The van der Waals surface area contributed by atoms with Crippen molar-refractivity contribution in [1.29, 1.82) is 0 Å². The maximum Gasteiger partial charge on any atom is 0.261 e. The van der Waals surface area contributed by atoms with Gasteiger partial charge in [-0.3, -0.25) is 9.59 Å². The number of benzene rings is 2. The summed E-state index contributed by atoms with van der Waals surface area (Å²) in [5.74, 6) is 0.689. The third-order valence-electron chi connectivity index (χ3n) is 4.81. The molecule has 0 saturated carbocycles. The van der Waals surface area contributed by atoms with Crippen molar-refractivity contribution in [3.05, 3.63) is 65.7 Å². The van der Waals surface area contributed by atoms with Crippen LogP contribution in [0.25, 0.3) is 0 Å². The van der Waals surface area contributed by atoms with Crippen molar-refractivity contribution >= 4 is 11.8 Å². The van der Waals surface area contributed by atoms with Crippen LogP contribution in [0.5, 0.6) is 5.75 Å². The van der Waals surface area contributed by atoms with Crippen molar-refractivity contribution in [3.8, 4) is 5.75 Å². The summed E-state index contributed by atoms with van der Waals surface area (Å²) >= 11 is 0. The second-order valence-electron chi connectivity index (χ2n) is 7.13. The zero-order valence-electron chi connectivity index (χ0n) is 17.1. The van der Waals surface area contributed by atoms with Gasteiger partial charge < -0.3 is 15.0 Å². The number of carbonyl (C=O) groups is 2. The summed E-state index contributed by atoms with van der Waals surface area (Å²) in [6.45, 7) is 6.34. The third-order valence-corrected chi connectivity index (χ3v) is 4.81. The molecule has 5 heteroatoms. The molecule has 0 fully saturated rings. The highest BCUT2D eigenvalue weighted by Crippen LogP contribution is 2.18. The maximum absolute atomic E-state index is 12.8. The standard InChI is InChI=1S/C23H30N2O3/c1-17(2)20-10-12-21(13-11-20)28-16-22(26)25(18(3)23(27)24-4)15-14-19-8-6-5-7-9-19/h5-13,17-18H,14-16H2,1-4H3,(H,24,27)/t18-/m0/s1. The van der Waals surface area contributed by atoms with Gasteiger partial charge in [0, 0.05) is 13.6 Å². The van der Waals surface area contributed by atoms with Gasteiger partial charge in [-0.15, -0.1) is 0 Å². The quantitative estimate of drug-likeness (QED) is 0.723. The Labute approximate surface area is 167 Å². The lowest BCUT2D eigenvalue weighted by Gasteiger charge is -2.28. The van der Waals surface area contributed by atoms with Crippen molar-refractivity contribution in [2.75, 3.05) is 20.2 Å². The van der Waals surface area contributed by atoms with Gasteiger partial charge in [-0.2, -0.15) is 0 Å². The fourth-order valence-corrected chi connectivity index (χ4v) is 2.96. The minimum absolute atomic E-state index is 0.100. The van der Waals surface area contributed by atoms with Crippen molar-refractivity contribution < 1.29 is 14.3 Å². The summed E-state index contributed by atoms with van der Waals surface area (Å²) in [5.41, 5.74) is 2.34. The fourth-order valence-electron chi connectivity index (χ4n) is 2.96. The van der Waals surface area contributed by atoms with Gasteiger partial charge in [0.05, 0.1) is 0 Å². The van der Waals surface area contributed by atoms with E-state index in [2.05, 4.69) is 19.2 Å². The van der Waals surface area contributed by atoms with Gasteiger partial charge >= 0.3 is 0 Å². The SMILES string of the molecule is CNC(=O)[C@H](C)N(CCc1ccccc1)C(=O)COc1ccc(C(C)C)cc1. The number of carbonyl (C=O) groups excluding carboxylic acids is 2. The van der Waals surface area contributed by atoms with Gasteiger partial charge in [0.2, 0.25) is 5.91 Å². The molecule has 0 spiro atoms. The van der Waals surface area contributed by atoms with E-state index in [-0.39, 0.29) is 18.4 Å². The molecule has 0 saturated heterocycles. The average molecular weight is 383 g/mol. The summed E-state index contributed by atoms with van der Waals surface area (Å²) in [5, 5.41) is 2.62. The highest BCUT2D eigenvalue weighted by atomic mass is 16.5. The fraction of sp³-hybridized carbons (Fsp3) is 0.391. The lowest BCUT2D eigenvalue weighted by Crippen LogP contribution is -2.49. The minimum Gasteiger partial charge on any atom is -0.484 e. The Balaban J connectivity index is 2.01. The van der Waals surface area contributed by atoms with Gasteiger partial charge in [-0.1, -0.05) is 56.3 Å². The molecule has 0 aromatic heterocycles. The van der Waals surface area contributed by atoms with Gasteiger partial charge in [-0.25, -0.2) is 0 Å². The summed E-state index contributed by atoms with van der Waals surface area (Å²) in [4.78, 5) is 26.5. The Morgan fingerprint density at radius 1 is 1.00 bits per heavy atom. The van der Waals surface area contributed by atoms with Crippen molar-refractivity contribution in [2.45, 2.75) is 39.2 Å². The van der Waals surface area contributed by atoms with E-state index >= 15 is 0 Å². The normalized spacial score (nSPS) is 11.8. The van der Waals surface area contributed by atoms with Crippen LogP contribution < -0.4 is 10.1 Å². The molecule has 0 radical (unpaired) electrons. The molecule has 0 heterocycles. The summed E-state index contributed by atoms with van der Waals surface area (Å²) in [6.07, 6.45) is 0.678. The second kappa shape index (κ2) is 10.5. The molecule has 5 nitrogen and oxygen atoms in total. The molecule has 2 rings (SSSR count). The number of ether oxygens (including phenoxy) is 1. The Hall–Kier alpha value is -2.82. The number of rotatable bonds is 9. The predicted molar refractivity (Wildman–Crippen MR) is 111 cm³/mol. The second-order valence-corrected chi connectivity index (χ2v) is 7.13. The van der Waals surface area contributed by atoms with Crippen LogP contribution in [0.3, 0.4) is 0 Å². The molecule has 0 unspecified atom stereocenters. The van der Waals surface area contributed by atoms with E-state index in [1.165, 1.54) is 5.56 Å². The largest absolute Gasteiger partial charge is 0.484 e. The Kier molecular flexibility index (Phi) is 8.05. The van der Waals surface area contributed by atoms with Gasteiger partial charge in [0.25, 0.3) is 5.91 Å². The molecule has 0 bridgehead atoms. The topological polar surface area (TPSA) is 58.6 Å². The summed E-state index contributed by atoms with van der Waals surface area (Å²) in [6, 6.07) is 17.1. The van der Waals surface area contributed by atoms with E-state index in [4.69, 9.17) is 4.74 Å². The number of nitrogens with zero attached hydrogens (tertiary/aromatic N) is 1. The Bertz CT molecular complexity index is 757. The van der Waals surface area contributed by atoms with E-state index in [0.29, 0.717) is 24.6 Å². The molecule has 28 heavy (non-hydrogen) atoms. The van der Waals surface area contributed by atoms with Crippen LogP contribution in [0, 0.1) is 0 Å². The van der Waals surface area contributed by atoms with E-state index in [0.717, 1.165) is 5.56 Å². The van der Waals surface area contributed by atoms with Gasteiger partial charge in [0.1, 0.15) is 11.8 Å².